The number of nitrogens with zero attached hydrogens (tertiary/aromatic N) is 3. The molecular formula is C23H23ClN4O2. The smallest absolute Gasteiger partial charge is 0.227 e. The van der Waals surface area contributed by atoms with Crippen molar-refractivity contribution >= 4 is 18.3 Å². The molecule has 6 nitrogen and oxygen atoms in total. The zero-order chi connectivity index (χ0) is 20.1. The van der Waals surface area contributed by atoms with Crippen molar-refractivity contribution in [3.63, 3.8) is 0 Å². The average Bonchev–Trinajstić information content (AvgIpc) is 3.14. The maximum Gasteiger partial charge on any atom is 0.227 e. The van der Waals surface area contributed by atoms with Gasteiger partial charge in [0.05, 0.1) is 17.8 Å². The molecule has 2 aromatic carbocycles. The first-order valence-corrected chi connectivity index (χ1v) is 9.77. The molecule has 1 N–H and O–H groups in total. The van der Waals surface area contributed by atoms with Crippen molar-refractivity contribution in [3.8, 4) is 17.6 Å². The molecule has 1 atom stereocenters. The van der Waals surface area contributed by atoms with Crippen LogP contribution in [0.5, 0.6) is 11.5 Å². The maximum absolute atomic E-state index is 12.4. The van der Waals surface area contributed by atoms with Crippen molar-refractivity contribution in [1.29, 1.82) is 5.26 Å². The molecule has 0 bridgehead atoms. The van der Waals surface area contributed by atoms with Gasteiger partial charge in [-0.15, -0.1) is 12.4 Å². The Morgan fingerprint density at radius 3 is 2.93 bits per heavy atom. The number of rotatable bonds is 5. The summed E-state index contributed by atoms with van der Waals surface area (Å²) < 4.78 is 8.03. The van der Waals surface area contributed by atoms with Gasteiger partial charge in [-0.2, -0.15) is 5.26 Å². The molecule has 0 spiro atoms. The number of nitrogens with one attached hydrogen (secondary N) is 1. The van der Waals surface area contributed by atoms with Crippen LogP contribution in [0.1, 0.15) is 41.9 Å². The van der Waals surface area contributed by atoms with Gasteiger partial charge in [0.15, 0.2) is 0 Å². The molecule has 1 unspecified atom stereocenters. The van der Waals surface area contributed by atoms with Gasteiger partial charge < -0.3 is 14.6 Å². The summed E-state index contributed by atoms with van der Waals surface area (Å²) in [5.74, 6) is 1.03. The lowest BCUT2D eigenvalue weighted by Gasteiger charge is -2.15. The average molecular weight is 423 g/mol. The summed E-state index contributed by atoms with van der Waals surface area (Å²) >= 11 is 0. The Bertz CT molecular complexity index is 1040. The molecule has 0 aliphatic carbocycles. The third-order valence-corrected chi connectivity index (χ3v) is 5.11. The van der Waals surface area contributed by atoms with E-state index >= 15 is 0 Å². The standard InChI is InChI=1S/C23H22N4O2.ClH/c24-14-19-8-7-17(15-27-11-10-25-16-27)12-22(19)29-20-5-3-4-18(13-20)21-6-1-2-9-26-23(21)28;/h3-5,7-8,10-13,16,21H,1-2,6,9,15H2,(H,26,28);1H. The molecule has 30 heavy (non-hydrogen) atoms. The number of carbonyl (C=O) groups is 1. The van der Waals surface area contributed by atoms with E-state index in [0.717, 1.165) is 36.9 Å². The van der Waals surface area contributed by atoms with Crippen LogP contribution >= 0.6 is 12.4 Å². The minimum absolute atomic E-state index is 0. The highest BCUT2D eigenvalue weighted by atomic mass is 35.5. The minimum atomic E-state index is -0.163. The molecule has 7 heteroatoms. The molecule has 1 aliphatic heterocycles. The third-order valence-electron chi connectivity index (χ3n) is 5.11. The first-order chi connectivity index (χ1) is 14.2. The molecule has 4 rings (SSSR count). The fraction of sp³-hybridized carbons (Fsp3) is 0.261. The molecule has 1 amide bonds. The number of carbonyl (C=O) groups excluding carboxylic acids is 1. The van der Waals surface area contributed by atoms with E-state index in [9.17, 15) is 10.1 Å². The van der Waals surface area contributed by atoms with Crippen LogP contribution < -0.4 is 10.1 Å². The maximum atomic E-state index is 12.4. The Morgan fingerprint density at radius 1 is 1.23 bits per heavy atom. The van der Waals surface area contributed by atoms with E-state index in [-0.39, 0.29) is 24.2 Å². The molecule has 1 fully saturated rings. The van der Waals surface area contributed by atoms with Crippen LogP contribution in [0, 0.1) is 11.3 Å². The number of benzene rings is 2. The molecule has 1 aliphatic rings. The SMILES string of the molecule is Cl.N#Cc1ccc(Cn2ccnc2)cc1Oc1cccc(C2CCCCNC2=O)c1. The summed E-state index contributed by atoms with van der Waals surface area (Å²) in [7, 11) is 0. The van der Waals surface area contributed by atoms with Crippen molar-refractivity contribution < 1.29 is 9.53 Å². The van der Waals surface area contributed by atoms with Gasteiger partial charge in [-0.05, 0) is 48.2 Å². The highest BCUT2D eigenvalue weighted by Gasteiger charge is 2.22. The van der Waals surface area contributed by atoms with Gasteiger partial charge in [-0.3, -0.25) is 4.79 Å². The van der Waals surface area contributed by atoms with E-state index in [0.29, 0.717) is 23.6 Å². The quantitative estimate of drug-likeness (QED) is 0.660. The number of nitriles is 1. The van der Waals surface area contributed by atoms with Gasteiger partial charge in [-0.25, -0.2) is 4.98 Å². The monoisotopic (exact) mass is 422 g/mol. The van der Waals surface area contributed by atoms with Crippen LogP contribution in [0.3, 0.4) is 0 Å². The number of halogens is 1. The molecule has 1 saturated heterocycles. The summed E-state index contributed by atoms with van der Waals surface area (Å²) in [5, 5.41) is 12.4. The van der Waals surface area contributed by atoms with Crippen LogP contribution in [0.15, 0.2) is 61.2 Å². The Morgan fingerprint density at radius 2 is 2.13 bits per heavy atom. The second-order valence-electron chi connectivity index (χ2n) is 7.19. The minimum Gasteiger partial charge on any atom is -0.456 e. The van der Waals surface area contributed by atoms with E-state index in [4.69, 9.17) is 4.74 Å². The lowest BCUT2D eigenvalue weighted by Crippen LogP contribution is -2.27. The Balaban J connectivity index is 0.00000256. The molecule has 0 radical (unpaired) electrons. The number of imidazole rings is 1. The first kappa shape index (κ1) is 21.4. The number of ether oxygens (including phenoxy) is 1. The van der Waals surface area contributed by atoms with Crippen LogP contribution in [0.25, 0.3) is 0 Å². The van der Waals surface area contributed by atoms with Crippen LogP contribution in [-0.2, 0) is 11.3 Å². The van der Waals surface area contributed by atoms with Crippen molar-refractivity contribution in [1.82, 2.24) is 14.9 Å². The summed E-state index contributed by atoms with van der Waals surface area (Å²) in [6.45, 7) is 1.38. The Labute approximate surface area is 181 Å². The zero-order valence-corrected chi connectivity index (χ0v) is 17.3. The van der Waals surface area contributed by atoms with Gasteiger partial charge in [0.2, 0.25) is 5.91 Å². The van der Waals surface area contributed by atoms with Gasteiger partial charge in [0.25, 0.3) is 0 Å². The summed E-state index contributed by atoms with van der Waals surface area (Å²) in [6, 6.07) is 15.4. The van der Waals surface area contributed by atoms with Gasteiger partial charge in [0.1, 0.15) is 17.6 Å². The predicted octanol–water partition coefficient (Wildman–Crippen LogP) is 4.40. The molecule has 2 heterocycles. The van der Waals surface area contributed by atoms with E-state index in [1.165, 1.54) is 0 Å². The summed E-state index contributed by atoms with van der Waals surface area (Å²) in [5.41, 5.74) is 2.42. The molecule has 154 valence electrons. The molecule has 3 aromatic rings. The number of hydrogen-bond donors (Lipinski definition) is 1. The van der Waals surface area contributed by atoms with Crippen molar-refractivity contribution in [3.05, 3.63) is 77.9 Å². The van der Waals surface area contributed by atoms with E-state index in [1.807, 2.05) is 47.2 Å². The zero-order valence-electron chi connectivity index (χ0n) is 16.5. The van der Waals surface area contributed by atoms with Gasteiger partial charge in [-0.1, -0.05) is 24.6 Å². The molecular weight excluding hydrogens is 400 g/mol. The highest BCUT2D eigenvalue weighted by molar-refractivity contribution is 5.85. The van der Waals surface area contributed by atoms with Gasteiger partial charge in [0, 0.05) is 25.5 Å². The third kappa shape index (κ3) is 5.00. The largest absolute Gasteiger partial charge is 0.456 e. The molecule has 1 aromatic heterocycles. The lowest BCUT2D eigenvalue weighted by atomic mass is 9.93. The van der Waals surface area contributed by atoms with E-state index in [1.54, 1.807) is 18.6 Å². The second-order valence-corrected chi connectivity index (χ2v) is 7.19. The van der Waals surface area contributed by atoms with E-state index in [2.05, 4.69) is 16.4 Å². The van der Waals surface area contributed by atoms with Crippen molar-refractivity contribution in [2.75, 3.05) is 6.54 Å². The summed E-state index contributed by atoms with van der Waals surface area (Å²) in [4.78, 5) is 16.4. The van der Waals surface area contributed by atoms with Crippen LogP contribution in [0.2, 0.25) is 0 Å². The lowest BCUT2D eigenvalue weighted by molar-refractivity contribution is -0.122. The van der Waals surface area contributed by atoms with Crippen LogP contribution in [0.4, 0.5) is 0 Å². The first-order valence-electron chi connectivity index (χ1n) is 9.77. The normalized spacial score (nSPS) is 16.0. The van der Waals surface area contributed by atoms with Crippen molar-refractivity contribution in [2.45, 2.75) is 31.7 Å². The topological polar surface area (TPSA) is 79.9 Å². The Kier molecular flexibility index (Phi) is 7.10. The van der Waals surface area contributed by atoms with E-state index < -0.39 is 0 Å². The predicted molar refractivity (Wildman–Crippen MR) is 116 cm³/mol. The summed E-state index contributed by atoms with van der Waals surface area (Å²) in [6.07, 6.45) is 8.23. The molecule has 0 saturated carbocycles. The fourth-order valence-corrected chi connectivity index (χ4v) is 3.61. The van der Waals surface area contributed by atoms with Gasteiger partial charge >= 0.3 is 0 Å². The van der Waals surface area contributed by atoms with Crippen LogP contribution in [-0.4, -0.2) is 22.0 Å². The second kappa shape index (κ2) is 9.95. The van der Waals surface area contributed by atoms with Crippen molar-refractivity contribution in [2.24, 2.45) is 0 Å². The number of aromatic nitrogens is 2. The number of hydrogen-bond acceptors (Lipinski definition) is 4. The number of amides is 1. The Hall–Kier alpha value is -3.30. The fourth-order valence-electron chi connectivity index (χ4n) is 3.61. The highest BCUT2D eigenvalue weighted by Crippen LogP contribution is 2.31.